The molecule has 0 heterocycles. The molecule has 21 heavy (non-hydrogen) atoms. The first-order chi connectivity index (χ1) is 9.54. The summed E-state index contributed by atoms with van der Waals surface area (Å²) in [6.07, 6.45) is 0. The Kier molecular flexibility index (Phi) is 5.36. The number of nitrogens with two attached hydrogens (primary N) is 1. The highest BCUT2D eigenvalue weighted by Gasteiger charge is 2.24. The summed E-state index contributed by atoms with van der Waals surface area (Å²) in [5, 5.41) is 2.66. The number of benzene rings is 1. The fourth-order valence-corrected chi connectivity index (χ4v) is 3.45. The zero-order valence-electron chi connectivity index (χ0n) is 13.0. The summed E-state index contributed by atoms with van der Waals surface area (Å²) in [7, 11) is -3.81. The number of aryl methyl sites for hydroxylation is 1. The van der Waals surface area contributed by atoms with Crippen molar-refractivity contribution in [3.8, 4) is 0 Å². The predicted octanol–water partition coefficient (Wildman–Crippen LogP) is 1.08. The second-order valence-corrected chi connectivity index (χ2v) is 7.15. The molecule has 6 nitrogen and oxygen atoms in total. The molecule has 1 aromatic carbocycles. The predicted molar refractivity (Wildman–Crippen MR) is 83.4 cm³/mol. The number of sulfonamides is 1. The van der Waals surface area contributed by atoms with Gasteiger partial charge in [-0.1, -0.05) is 0 Å². The van der Waals surface area contributed by atoms with E-state index >= 15 is 0 Å². The van der Waals surface area contributed by atoms with Crippen LogP contribution in [0.3, 0.4) is 0 Å². The lowest BCUT2D eigenvalue weighted by Gasteiger charge is -2.18. The minimum Gasteiger partial charge on any atom is -0.399 e. The molecule has 0 saturated carbocycles. The molecule has 7 heteroatoms. The van der Waals surface area contributed by atoms with Gasteiger partial charge < -0.3 is 11.1 Å². The zero-order chi connectivity index (χ0) is 16.4. The first-order valence-electron chi connectivity index (χ1n) is 6.74. The Labute approximate surface area is 126 Å². The van der Waals surface area contributed by atoms with Crippen LogP contribution >= 0.6 is 0 Å². The highest BCUT2D eigenvalue weighted by Crippen LogP contribution is 2.22. The highest BCUT2D eigenvalue weighted by atomic mass is 32.2. The van der Waals surface area contributed by atoms with Crippen LogP contribution in [0, 0.1) is 13.8 Å². The Morgan fingerprint density at radius 2 is 1.76 bits per heavy atom. The van der Waals surface area contributed by atoms with Gasteiger partial charge in [0.1, 0.15) is 0 Å². The third-order valence-corrected chi connectivity index (χ3v) is 4.75. The fraction of sp³-hybridized carbons (Fsp3) is 0.500. The Bertz CT molecular complexity index is 639. The minimum absolute atomic E-state index is 0.0548. The number of carbonyl (C=O) groups is 1. The molecule has 0 bridgehead atoms. The van der Waals surface area contributed by atoms with Gasteiger partial charge in [-0.2, -0.15) is 4.72 Å². The summed E-state index contributed by atoms with van der Waals surface area (Å²) >= 11 is 0. The number of nitrogen functional groups attached to an aromatic ring is 1. The van der Waals surface area contributed by atoms with Gasteiger partial charge in [-0.3, -0.25) is 4.79 Å². The van der Waals surface area contributed by atoms with Gasteiger partial charge in [0, 0.05) is 11.7 Å². The molecule has 1 rings (SSSR count). The average molecular weight is 313 g/mol. The van der Waals surface area contributed by atoms with E-state index in [1.54, 1.807) is 19.9 Å². The molecule has 1 aromatic rings. The molecular formula is C14H23N3O3S. The maximum atomic E-state index is 12.4. The Morgan fingerprint density at radius 1 is 1.19 bits per heavy atom. The van der Waals surface area contributed by atoms with Crippen molar-refractivity contribution in [2.75, 3.05) is 5.73 Å². The second kappa shape index (κ2) is 6.44. The number of amides is 1. The van der Waals surface area contributed by atoms with Gasteiger partial charge in [0.25, 0.3) is 0 Å². The molecule has 0 aliphatic rings. The van der Waals surface area contributed by atoms with Crippen LogP contribution < -0.4 is 15.8 Å². The van der Waals surface area contributed by atoms with Gasteiger partial charge in [0.2, 0.25) is 15.9 Å². The first kappa shape index (κ1) is 17.5. The topological polar surface area (TPSA) is 101 Å². The molecule has 0 spiro atoms. The number of nitrogens with one attached hydrogen (secondary N) is 2. The molecular weight excluding hydrogens is 290 g/mol. The van der Waals surface area contributed by atoms with Crippen molar-refractivity contribution in [2.45, 2.75) is 51.6 Å². The van der Waals surface area contributed by atoms with E-state index in [0.29, 0.717) is 11.3 Å². The van der Waals surface area contributed by atoms with Crippen LogP contribution in [0.2, 0.25) is 0 Å². The summed E-state index contributed by atoms with van der Waals surface area (Å²) < 4.78 is 27.2. The summed E-state index contributed by atoms with van der Waals surface area (Å²) in [6.45, 7) is 8.63. The van der Waals surface area contributed by atoms with Gasteiger partial charge in [0.05, 0.1) is 10.9 Å². The van der Waals surface area contributed by atoms with E-state index in [-0.39, 0.29) is 16.8 Å². The lowest BCUT2D eigenvalue weighted by Crippen LogP contribution is -2.46. The van der Waals surface area contributed by atoms with Crippen LogP contribution in [0.25, 0.3) is 0 Å². The lowest BCUT2D eigenvalue weighted by atomic mass is 10.1. The van der Waals surface area contributed by atoms with Crippen molar-refractivity contribution in [1.29, 1.82) is 0 Å². The van der Waals surface area contributed by atoms with Crippen molar-refractivity contribution in [3.63, 3.8) is 0 Å². The van der Waals surface area contributed by atoms with E-state index in [1.807, 2.05) is 13.8 Å². The first-order valence-corrected chi connectivity index (χ1v) is 8.22. The number of hydrogen-bond donors (Lipinski definition) is 3. The van der Waals surface area contributed by atoms with Crippen LogP contribution in [0.4, 0.5) is 5.69 Å². The lowest BCUT2D eigenvalue weighted by molar-refractivity contribution is -0.122. The van der Waals surface area contributed by atoms with E-state index in [9.17, 15) is 13.2 Å². The van der Waals surface area contributed by atoms with Crippen LogP contribution in [-0.4, -0.2) is 26.4 Å². The smallest absolute Gasteiger partial charge is 0.241 e. The van der Waals surface area contributed by atoms with Crippen LogP contribution in [0.15, 0.2) is 17.0 Å². The van der Waals surface area contributed by atoms with E-state index in [4.69, 9.17) is 5.73 Å². The normalized spacial score (nSPS) is 13.2. The Hall–Kier alpha value is -1.60. The molecule has 0 fully saturated rings. The van der Waals surface area contributed by atoms with Gasteiger partial charge in [0.15, 0.2) is 0 Å². The van der Waals surface area contributed by atoms with Crippen molar-refractivity contribution in [2.24, 2.45) is 0 Å². The van der Waals surface area contributed by atoms with Gasteiger partial charge in [-0.15, -0.1) is 0 Å². The molecule has 0 saturated heterocycles. The van der Waals surface area contributed by atoms with Crippen molar-refractivity contribution < 1.29 is 13.2 Å². The van der Waals surface area contributed by atoms with Gasteiger partial charge in [-0.05, 0) is 57.9 Å². The van der Waals surface area contributed by atoms with Gasteiger partial charge in [-0.25, -0.2) is 8.42 Å². The number of anilines is 1. The molecule has 0 radical (unpaired) electrons. The Morgan fingerprint density at radius 3 is 2.29 bits per heavy atom. The quantitative estimate of drug-likeness (QED) is 0.708. The van der Waals surface area contributed by atoms with Crippen LogP contribution in [0.5, 0.6) is 0 Å². The minimum atomic E-state index is -3.81. The molecule has 0 aliphatic carbocycles. The zero-order valence-corrected chi connectivity index (χ0v) is 13.8. The van der Waals surface area contributed by atoms with E-state index in [2.05, 4.69) is 10.0 Å². The number of carbonyl (C=O) groups excluding carboxylic acids is 1. The second-order valence-electron chi connectivity index (χ2n) is 5.47. The third kappa shape index (κ3) is 4.44. The van der Waals surface area contributed by atoms with Crippen molar-refractivity contribution in [3.05, 3.63) is 23.3 Å². The maximum absolute atomic E-state index is 12.4. The monoisotopic (exact) mass is 313 g/mol. The van der Waals surface area contributed by atoms with E-state index in [0.717, 1.165) is 5.56 Å². The summed E-state index contributed by atoms with van der Waals surface area (Å²) in [6, 6.07) is 2.19. The molecule has 0 aliphatic heterocycles. The SMILES string of the molecule is Cc1cc(N)cc(S(=O)(=O)NC(C)C(=O)NC(C)C)c1C. The maximum Gasteiger partial charge on any atom is 0.241 e. The molecule has 1 atom stereocenters. The van der Waals surface area contributed by atoms with E-state index < -0.39 is 16.1 Å². The summed E-state index contributed by atoms with van der Waals surface area (Å²) in [5.41, 5.74) is 7.49. The molecule has 1 unspecified atom stereocenters. The molecule has 4 N–H and O–H groups in total. The molecule has 1 amide bonds. The number of rotatable bonds is 5. The summed E-state index contributed by atoms with van der Waals surface area (Å²) in [4.78, 5) is 11.9. The van der Waals surface area contributed by atoms with Gasteiger partial charge >= 0.3 is 0 Å². The average Bonchev–Trinajstić information content (AvgIpc) is 2.32. The fourth-order valence-electron chi connectivity index (χ4n) is 1.89. The Balaban J connectivity index is 3.05. The number of hydrogen-bond acceptors (Lipinski definition) is 4. The molecule has 118 valence electrons. The summed E-state index contributed by atoms with van der Waals surface area (Å²) in [5.74, 6) is -0.369. The van der Waals surface area contributed by atoms with Crippen molar-refractivity contribution in [1.82, 2.24) is 10.0 Å². The van der Waals surface area contributed by atoms with Crippen molar-refractivity contribution >= 4 is 21.6 Å². The largest absolute Gasteiger partial charge is 0.399 e. The third-order valence-electron chi connectivity index (χ3n) is 3.09. The molecule has 0 aromatic heterocycles. The van der Waals surface area contributed by atoms with Crippen LogP contribution in [-0.2, 0) is 14.8 Å². The standard InChI is InChI=1S/C14H23N3O3S/c1-8(2)16-14(18)11(5)17-21(19,20)13-7-12(15)6-9(3)10(13)4/h6-8,11,17H,15H2,1-5H3,(H,16,18). The highest BCUT2D eigenvalue weighted by molar-refractivity contribution is 7.89. The van der Waals surface area contributed by atoms with Crippen LogP contribution in [0.1, 0.15) is 31.9 Å². The van der Waals surface area contributed by atoms with E-state index in [1.165, 1.54) is 13.0 Å².